The van der Waals surface area contributed by atoms with Gasteiger partial charge in [0.15, 0.2) is 0 Å². The van der Waals surface area contributed by atoms with Crippen LogP contribution in [0.4, 0.5) is 18.0 Å². The molecule has 9 heteroatoms. The fourth-order valence-electron chi connectivity index (χ4n) is 3.33. The third-order valence-electron chi connectivity index (χ3n) is 5.69. The summed E-state index contributed by atoms with van der Waals surface area (Å²) in [4.78, 5) is 14.2. The minimum absolute atomic E-state index is 0.246. The predicted octanol–water partition coefficient (Wildman–Crippen LogP) is 4.08. The number of nitrogens with one attached hydrogen (secondary N) is 3. The van der Waals surface area contributed by atoms with Gasteiger partial charge in [-0.2, -0.15) is 0 Å². The SMILES string of the molecule is CC(CO)(CO)NC(=O)NCC1CCC1.Fc1ccc(-c2cc3cc(F)cc(F)c3[nH]2)cc1. The molecule has 4 rings (SSSR count). The van der Waals surface area contributed by atoms with Crippen LogP contribution in [0.5, 0.6) is 0 Å². The third kappa shape index (κ3) is 6.49. The maximum Gasteiger partial charge on any atom is 0.315 e. The second-order valence-electron chi connectivity index (χ2n) is 8.55. The van der Waals surface area contributed by atoms with Gasteiger partial charge in [-0.15, -0.1) is 0 Å². The number of halogens is 3. The zero-order valence-corrected chi connectivity index (χ0v) is 18.3. The lowest BCUT2D eigenvalue weighted by Gasteiger charge is -2.29. The number of amides is 2. The molecule has 1 aliphatic carbocycles. The molecule has 0 aliphatic heterocycles. The van der Waals surface area contributed by atoms with E-state index in [2.05, 4.69) is 15.6 Å². The number of hydrogen-bond acceptors (Lipinski definition) is 3. The molecule has 0 saturated heterocycles. The van der Waals surface area contributed by atoms with Crippen molar-refractivity contribution in [2.75, 3.05) is 19.8 Å². The van der Waals surface area contributed by atoms with Gasteiger partial charge >= 0.3 is 6.03 Å². The first-order chi connectivity index (χ1) is 15.7. The third-order valence-corrected chi connectivity index (χ3v) is 5.69. The van der Waals surface area contributed by atoms with Crippen molar-refractivity contribution in [1.29, 1.82) is 0 Å². The molecule has 0 spiro atoms. The Kier molecular flexibility index (Phi) is 7.99. The number of fused-ring (bicyclic) bond motifs is 1. The molecule has 3 aromatic rings. The summed E-state index contributed by atoms with van der Waals surface area (Å²) >= 11 is 0. The Hall–Kier alpha value is -3.04. The molecule has 1 fully saturated rings. The highest BCUT2D eigenvalue weighted by Gasteiger charge is 2.25. The van der Waals surface area contributed by atoms with Crippen LogP contribution >= 0.6 is 0 Å². The summed E-state index contributed by atoms with van der Waals surface area (Å²) in [5.41, 5.74) is 0.640. The Labute approximate surface area is 189 Å². The van der Waals surface area contributed by atoms with Gasteiger partial charge in [-0.3, -0.25) is 0 Å². The van der Waals surface area contributed by atoms with Crippen LogP contribution in [0, 0.1) is 23.4 Å². The van der Waals surface area contributed by atoms with E-state index in [1.165, 1.54) is 37.5 Å². The summed E-state index contributed by atoms with van der Waals surface area (Å²) in [6.45, 7) is 1.72. The number of carbonyl (C=O) groups excluding carboxylic acids is 1. The molecule has 1 heterocycles. The molecular formula is C24H28F3N3O3. The molecule has 33 heavy (non-hydrogen) atoms. The van der Waals surface area contributed by atoms with Gasteiger partial charge in [0.1, 0.15) is 17.5 Å². The van der Waals surface area contributed by atoms with Crippen LogP contribution < -0.4 is 10.6 Å². The molecule has 1 aromatic heterocycles. The molecule has 0 radical (unpaired) electrons. The van der Waals surface area contributed by atoms with Crippen molar-refractivity contribution in [3.8, 4) is 11.3 Å². The van der Waals surface area contributed by atoms with Gasteiger partial charge in [0.05, 0.1) is 24.3 Å². The highest BCUT2D eigenvalue weighted by molar-refractivity contribution is 5.86. The van der Waals surface area contributed by atoms with Crippen molar-refractivity contribution >= 4 is 16.9 Å². The lowest BCUT2D eigenvalue weighted by molar-refractivity contribution is 0.108. The van der Waals surface area contributed by atoms with E-state index in [-0.39, 0.29) is 30.6 Å². The van der Waals surface area contributed by atoms with Crippen LogP contribution in [-0.4, -0.2) is 46.5 Å². The Morgan fingerprint density at radius 2 is 1.73 bits per heavy atom. The smallest absolute Gasteiger partial charge is 0.315 e. The molecule has 2 amide bonds. The van der Waals surface area contributed by atoms with Gasteiger partial charge in [-0.25, -0.2) is 18.0 Å². The Morgan fingerprint density at radius 3 is 2.30 bits per heavy atom. The van der Waals surface area contributed by atoms with Crippen LogP contribution in [0.2, 0.25) is 0 Å². The van der Waals surface area contributed by atoms with Crippen molar-refractivity contribution in [3.63, 3.8) is 0 Å². The largest absolute Gasteiger partial charge is 0.394 e. The second-order valence-corrected chi connectivity index (χ2v) is 8.55. The summed E-state index contributed by atoms with van der Waals surface area (Å²) in [7, 11) is 0. The van der Waals surface area contributed by atoms with E-state index in [1.807, 2.05) is 0 Å². The van der Waals surface area contributed by atoms with Gasteiger partial charge in [-0.1, -0.05) is 6.42 Å². The number of aromatic amines is 1. The minimum Gasteiger partial charge on any atom is -0.394 e. The Bertz CT molecular complexity index is 1080. The number of carbonyl (C=O) groups is 1. The lowest BCUT2D eigenvalue weighted by atomic mass is 9.85. The van der Waals surface area contributed by atoms with Crippen molar-refractivity contribution < 1.29 is 28.2 Å². The van der Waals surface area contributed by atoms with Crippen LogP contribution in [0.1, 0.15) is 26.2 Å². The van der Waals surface area contributed by atoms with E-state index in [4.69, 9.17) is 10.2 Å². The normalized spacial score (nSPS) is 13.8. The van der Waals surface area contributed by atoms with Gasteiger partial charge < -0.3 is 25.8 Å². The monoisotopic (exact) mass is 463 g/mol. The molecule has 5 N–H and O–H groups in total. The van der Waals surface area contributed by atoms with Gasteiger partial charge in [0.25, 0.3) is 0 Å². The molecule has 0 atom stereocenters. The first kappa shape index (κ1) is 24.6. The second kappa shape index (κ2) is 10.7. The molecular weight excluding hydrogens is 435 g/mol. The number of benzene rings is 2. The number of aliphatic hydroxyl groups excluding tert-OH is 2. The van der Waals surface area contributed by atoms with Crippen molar-refractivity contribution in [1.82, 2.24) is 15.6 Å². The summed E-state index contributed by atoms with van der Waals surface area (Å²) in [6.07, 6.45) is 3.61. The van der Waals surface area contributed by atoms with E-state index in [0.29, 0.717) is 29.1 Å². The number of H-pyrrole nitrogens is 1. The first-order valence-corrected chi connectivity index (χ1v) is 10.7. The number of aromatic nitrogens is 1. The summed E-state index contributed by atoms with van der Waals surface area (Å²) < 4.78 is 39.4. The molecule has 0 bridgehead atoms. The fourth-order valence-corrected chi connectivity index (χ4v) is 3.33. The van der Waals surface area contributed by atoms with Gasteiger partial charge in [-0.05, 0) is 67.6 Å². The van der Waals surface area contributed by atoms with Crippen molar-refractivity contribution in [2.24, 2.45) is 5.92 Å². The number of urea groups is 1. The van der Waals surface area contributed by atoms with Gasteiger partial charge in [0, 0.05) is 23.7 Å². The van der Waals surface area contributed by atoms with E-state index in [0.717, 1.165) is 6.07 Å². The Balaban J connectivity index is 0.000000190. The van der Waals surface area contributed by atoms with E-state index < -0.39 is 17.2 Å². The van der Waals surface area contributed by atoms with Crippen molar-refractivity contribution in [2.45, 2.75) is 31.7 Å². The molecule has 6 nitrogen and oxygen atoms in total. The highest BCUT2D eigenvalue weighted by atomic mass is 19.1. The fraction of sp³-hybridized carbons (Fsp3) is 0.375. The molecule has 0 unspecified atom stereocenters. The first-order valence-electron chi connectivity index (χ1n) is 10.7. The topological polar surface area (TPSA) is 97.4 Å². The van der Waals surface area contributed by atoms with Gasteiger partial charge in [0.2, 0.25) is 0 Å². The van der Waals surface area contributed by atoms with E-state index in [1.54, 1.807) is 25.1 Å². The minimum atomic E-state index is -0.941. The quantitative estimate of drug-likeness (QED) is 0.381. The lowest BCUT2D eigenvalue weighted by Crippen LogP contribution is -2.55. The van der Waals surface area contributed by atoms with Crippen LogP contribution in [0.25, 0.3) is 22.2 Å². The van der Waals surface area contributed by atoms with Crippen LogP contribution in [-0.2, 0) is 0 Å². The zero-order valence-electron chi connectivity index (χ0n) is 18.3. The van der Waals surface area contributed by atoms with Crippen LogP contribution in [0.15, 0.2) is 42.5 Å². The Morgan fingerprint density at radius 1 is 1.06 bits per heavy atom. The van der Waals surface area contributed by atoms with E-state index >= 15 is 0 Å². The number of aliphatic hydroxyl groups is 2. The maximum atomic E-state index is 13.5. The predicted molar refractivity (Wildman–Crippen MR) is 120 cm³/mol. The average Bonchev–Trinajstić information content (AvgIpc) is 3.18. The molecule has 1 saturated carbocycles. The van der Waals surface area contributed by atoms with Crippen molar-refractivity contribution in [3.05, 3.63) is 59.9 Å². The summed E-state index contributed by atoms with van der Waals surface area (Å²) in [5.74, 6) is -1.000. The van der Waals surface area contributed by atoms with E-state index in [9.17, 15) is 18.0 Å². The number of hydrogen-bond donors (Lipinski definition) is 5. The number of rotatable bonds is 6. The molecule has 2 aromatic carbocycles. The summed E-state index contributed by atoms with van der Waals surface area (Å²) in [5, 5.41) is 23.7. The standard InChI is InChI=1S/C14H8F3N.C10H20N2O3/c15-10-3-1-8(2-4-10)13-6-9-5-11(16)7-12(17)14(9)18-13;1-10(6-13,7-14)12-9(15)11-5-8-3-2-4-8/h1-7,18H;8,13-14H,2-7H2,1H3,(H2,11,12,15). The average molecular weight is 464 g/mol. The molecule has 1 aliphatic rings. The zero-order chi connectivity index (χ0) is 24.0. The maximum absolute atomic E-state index is 13.5. The summed E-state index contributed by atoms with van der Waals surface area (Å²) in [6, 6.07) is 9.18. The molecule has 178 valence electrons. The highest BCUT2D eigenvalue weighted by Crippen LogP contribution is 2.27. The van der Waals surface area contributed by atoms with Crippen LogP contribution in [0.3, 0.4) is 0 Å².